The van der Waals surface area contributed by atoms with E-state index in [-0.39, 0.29) is 18.1 Å². The number of carbonyl (C=O) groups excluding carboxylic acids is 1. The Labute approximate surface area is 239 Å². The van der Waals surface area contributed by atoms with Gasteiger partial charge in [0.15, 0.2) is 0 Å². The van der Waals surface area contributed by atoms with E-state index in [0.717, 1.165) is 45.4 Å². The third-order valence-corrected chi connectivity index (χ3v) is 12.2. The highest BCUT2D eigenvalue weighted by Crippen LogP contribution is 2.68. The van der Waals surface area contributed by atoms with Gasteiger partial charge in [-0.05, 0) is 157 Å². The third-order valence-electron chi connectivity index (χ3n) is 12.2. The first kappa shape index (κ1) is 31.3. The van der Waals surface area contributed by atoms with E-state index in [0.29, 0.717) is 58.8 Å². The number of hydrogen-bond acceptors (Lipinski definition) is 5. The maximum atomic E-state index is 12.3. The first-order valence-corrected chi connectivity index (χ1v) is 16.7. The van der Waals surface area contributed by atoms with Crippen molar-refractivity contribution < 1.29 is 9.90 Å². The lowest BCUT2D eigenvalue weighted by Gasteiger charge is -2.62. The molecule has 226 valence electrons. The van der Waals surface area contributed by atoms with E-state index in [1.165, 1.54) is 51.4 Å². The second-order valence-corrected chi connectivity index (χ2v) is 14.9. The first-order valence-electron chi connectivity index (χ1n) is 16.7. The number of hydrogen-bond donors (Lipinski definition) is 5. The standard InChI is InChI=1S/C33H62N4O2/c1-22(2)37-30(39)11-8-23(3)26-9-10-27-31-28(13-15-33(26,27)5)32(4)14-12-25(20-24(32)21-29(31)38)36-19-7-18-35-17-6-16-34/h22-29,31,35-36,38H,6-21,34H2,1-5H3,(H,37,39)/t23-,24?,25+,26?,27?,28?,29+,31?,32+,33-/m1/s1. The second kappa shape index (κ2) is 13.5. The molecule has 0 saturated heterocycles. The fourth-order valence-corrected chi connectivity index (χ4v) is 10.2. The van der Waals surface area contributed by atoms with Gasteiger partial charge >= 0.3 is 0 Å². The average molecular weight is 547 g/mol. The highest BCUT2D eigenvalue weighted by molar-refractivity contribution is 5.76. The molecule has 1 amide bonds. The molecule has 6 nitrogen and oxygen atoms in total. The molecule has 4 aliphatic carbocycles. The minimum absolute atomic E-state index is 0.144. The van der Waals surface area contributed by atoms with Crippen LogP contribution in [0.3, 0.4) is 0 Å². The Balaban J connectivity index is 1.32. The first-order chi connectivity index (χ1) is 18.6. The van der Waals surface area contributed by atoms with Crippen LogP contribution in [0, 0.1) is 46.3 Å². The Morgan fingerprint density at radius 3 is 2.41 bits per heavy atom. The van der Waals surface area contributed by atoms with Crippen LogP contribution in [0.5, 0.6) is 0 Å². The summed E-state index contributed by atoms with van der Waals surface area (Å²) in [5.41, 5.74) is 6.28. The summed E-state index contributed by atoms with van der Waals surface area (Å²) < 4.78 is 0. The average Bonchev–Trinajstić information content (AvgIpc) is 3.24. The number of nitrogens with two attached hydrogens (primary N) is 1. The number of aliphatic hydroxyl groups is 1. The quantitative estimate of drug-likeness (QED) is 0.213. The van der Waals surface area contributed by atoms with Crippen molar-refractivity contribution in [1.29, 1.82) is 0 Å². The Bertz CT molecular complexity index is 792. The van der Waals surface area contributed by atoms with Crippen LogP contribution in [0.25, 0.3) is 0 Å². The largest absolute Gasteiger partial charge is 0.393 e. The summed E-state index contributed by atoms with van der Waals surface area (Å²) in [5, 5.41) is 22.1. The molecule has 39 heavy (non-hydrogen) atoms. The Hall–Kier alpha value is -0.690. The van der Waals surface area contributed by atoms with Crippen LogP contribution < -0.4 is 21.7 Å². The minimum atomic E-state index is -0.144. The number of amides is 1. The molecular weight excluding hydrogens is 484 g/mol. The van der Waals surface area contributed by atoms with Crippen molar-refractivity contribution in [3.63, 3.8) is 0 Å². The van der Waals surface area contributed by atoms with Crippen LogP contribution in [0.2, 0.25) is 0 Å². The van der Waals surface area contributed by atoms with Crippen LogP contribution >= 0.6 is 0 Å². The van der Waals surface area contributed by atoms with Gasteiger partial charge in [0.05, 0.1) is 6.10 Å². The van der Waals surface area contributed by atoms with Crippen molar-refractivity contribution in [2.45, 2.75) is 130 Å². The van der Waals surface area contributed by atoms with E-state index in [1.807, 2.05) is 13.8 Å². The third kappa shape index (κ3) is 6.87. The maximum absolute atomic E-state index is 12.3. The normalized spacial score (nSPS) is 40.6. The number of fused-ring (bicyclic) bond motifs is 5. The molecule has 4 fully saturated rings. The van der Waals surface area contributed by atoms with Crippen molar-refractivity contribution in [3.8, 4) is 0 Å². The predicted octanol–water partition coefficient (Wildman–Crippen LogP) is 4.84. The molecule has 0 aliphatic heterocycles. The van der Waals surface area contributed by atoms with Gasteiger partial charge in [-0.1, -0.05) is 20.8 Å². The summed E-state index contributed by atoms with van der Waals surface area (Å²) in [6.07, 6.45) is 13.7. The smallest absolute Gasteiger partial charge is 0.220 e. The summed E-state index contributed by atoms with van der Waals surface area (Å²) in [6, 6.07) is 0.823. The van der Waals surface area contributed by atoms with Gasteiger partial charge in [-0.3, -0.25) is 4.79 Å². The molecule has 0 aromatic rings. The van der Waals surface area contributed by atoms with Crippen LogP contribution in [0.15, 0.2) is 0 Å². The Morgan fingerprint density at radius 1 is 0.949 bits per heavy atom. The molecule has 6 N–H and O–H groups in total. The summed E-state index contributed by atoms with van der Waals surface area (Å²) in [4.78, 5) is 12.3. The van der Waals surface area contributed by atoms with Gasteiger partial charge < -0.3 is 26.8 Å². The van der Waals surface area contributed by atoms with Gasteiger partial charge in [0, 0.05) is 18.5 Å². The molecule has 6 heteroatoms. The molecule has 4 rings (SSSR count). The Kier molecular flexibility index (Phi) is 10.8. The molecule has 0 heterocycles. The minimum Gasteiger partial charge on any atom is -0.393 e. The maximum Gasteiger partial charge on any atom is 0.220 e. The summed E-state index contributed by atoms with van der Waals surface area (Å²) in [7, 11) is 0. The van der Waals surface area contributed by atoms with E-state index in [2.05, 4.69) is 36.7 Å². The van der Waals surface area contributed by atoms with Crippen LogP contribution in [0.4, 0.5) is 0 Å². The van der Waals surface area contributed by atoms with Gasteiger partial charge in [0.1, 0.15) is 0 Å². The SMILES string of the molecule is CC(C)NC(=O)CC[C@@H](C)C1CCC2C3C(CC[C@@]21C)[C@@]1(C)CC[C@H](NCCCNCCCN)CC1C[C@@H]3O. The van der Waals surface area contributed by atoms with Crippen LogP contribution in [0.1, 0.15) is 112 Å². The molecule has 0 aromatic carbocycles. The molecule has 0 bridgehead atoms. The van der Waals surface area contributed by atoms with Crippen molar-refractivity contribution in [2.24, 2.45) is 52.1 Å². The molecule has 0 spiro atoms. The fraction of sp³-hybridized carbons (Fsp3) is 0.970. The number of nitrogens with one attached hydrogen (secondary N) is 3. The van der Waals surface area contributed by atoms with Crippen molar-refractivity contribution in [1.82, 2.24) is 16.0 Å². The van der Waals surface area contributed by atoms with E-state index in [4.69, 9.17) is 5.73 Å². The van der Waals surface area contributed by atoms with Crippen molar-refractivity contribution >= 4 is 5.91 Å². The highest BCUT2D eigenvalue weighted by Gasteiger charge is 2.62. The zero-order valence-corrected chi connectivity index (χ0v) is 25.9. The predicted molar refractivity (Wildman–Crippen MR) is 161 cm³/mol. The van der Waals surface area contributed by atoms with Crippen LogP contribution in [-0.2, 0) is 4.79 Å². The molecular formula is C33H62N4O2. The summed E-state index contributed by atoms with van der Waals surface area (Å²) in [6.45, 7) is 15.6. The van der Waals surface area contributed by atoms with E-state index < -0.39 is 0 Å². The van der Waals surface area contributed by atoms with E-state index in [9.17, 15) is 9.90 Å². The summed E-state index contributed by atoms with van der Waals surface area (Å²) in [5.74, 6) is 3.87. The lowest BCUT2D eigenvalue weighted by Crippen LogP contribution is -2.59. The fourth-order valence-electron chi connectivity index (χ4n) is 10.2. The van der Waals surface area contributed by atoms with Crippen LogP contribution in [-0.4, -0.2) is 55.4 Å². The van der Waals surface area contributed by atoms with Gasteiger partial charge in [0.25, 0.3) is 0 Å². The number of carbonyl (C=O) groups is 1. The number of rotatable bonds is 13. The molecule has 4 aliphatic rings. The number of aliphatic hydroxyl groups excluding tert-OH is 1. The summed E-state index contributed by atoms with van der Waals surface area (Å²) >= 11 is 0. The molecule has 4 saturated carbocycles. The van der Waals surface area contributed by atoms with Crippen molar-refractivity contribution in [3.05, 3.63) is 0 Å². The molecule has 5 unspecified atom stereocenters. The van der Waals surface area contributed by atoms with Crippen molar-refractivity contribution in [2.75, 3.05) is 26.2 Å². The zero-order valence-electron chi connectivity index (χ0n) is 25.9. The van der Waals surface area contributed by atoms with Gasteiger partial charge in [-0.2, -0.15) is 0 Å². The molecule has 10 atom stereocenters. The van der Waals surface area contributed by atoms with Gasteiger partial charge in [-0.15, -0.1) is 0 Å². The molecule has 0 aromatic heterocycles. The monoisotopic (exact) mass is 546 g/mol. The lowest BCUT2D eigenvalue weighted by molar-refractivity contribution is -0.167. The highest BCUT2D eigenvalue weighted by atomic mass is 16.3. The topological polar surface area (TPSA) is 99.4 Å². The van der Waals surface area contributed by atoms with Gasteiger partial charge in [0.2, 0.25) is 5.91 Å². The molecule has 0 radical (unpaired) electrons. The Morgan fingerprint density at radius 2 is 1.67 bits per heavy atom. The zero-order chi connectivity index (χ0) is 28.2. The lowest BCUT2D eigenvalue weighted by atomic mass is 9.43. The van der Waals surface area contributed by atoms with E-state index >= 15 is 0 Å². The van der Waals surface area contributed by atoms with E-state index in [1.54, 1.807) is 0 Å². The van der Waals surface area contributed by atoms with Gasteiger partial charge in [-0.25, -0.2) is 0 Å². The second-order valence-electron chi connectivity index (χ2n) is 14.9.